The first kappa shape index (κ1) is 10.5. The number of nitrogens with zero attached hydrogens (tertiary/aromatic N) is 3. The maximum absolute atomic E-state index is 8.36. The summed E-state index contributed by atoms with van der Waals surface area (Å²) in [5.41, 5.74) is 0. The molecule has 0 aliphatic carbocycles. The first-order valence-corrected chi connectivity index (χ1v) is 1.66. The third-order valence-corrected chi connectivity index (χ3v) is 0.270. The first-order chi connectivity index (χ1) is 3.91. The van der Waals surface area contributed by atoms with Crippen LogP contribution in [-0.2, 0) is 4.79 Å². The number of hydrogen-bond donors (Lipinski definition) is 2. The topological polar surface area (TPSA) is 91.8 Å². The lowest BCUT2D eigenvalue weighted by atomic mass is 11.4. The number of tetrazole rings is 1. The lowest BCUT2D eigenvalue weighted by molar-refractivity contribution is -0.122. The van der Waals surface area contributed by atoms with Crippen LogP contribution in [0.1, 0.15) is 7.43 Å². The van der Waals surface area contributed by atoms with E-state index in [1.165, 1.54) is 6.33 Å². The van der Waals surface area contributed by atoms with Crippen molar-refractivity contribution in [3.05, 3.63) is 6.33 Å². The van der Waals surface area contributed by atoms with E-state index < -0.39 is 0 Å². The molecule has 0 fully saturated rings. The molecule has 0 amide bonds. The highest BCUT2D eigenvalue weighted by atomic mass is 16.3. The van der Waals surface area contributed by atoms with Gasteiger partial charge in [-0.25, -0.2) is 0 Å². The Balaban J connectivity index is 0. The molecule has 2 N–H and O–H groups in total. The van der Waals surface area contributed by atoms with Crippen molar-refractivity contribution < 1.29 is 9.90 Å². The summed E-state index contributed by atoms with van der Waals surface area (Å²) in [6.07, 6.45) is 1.33. The molecular formula is C3H8N4O2. The number of carbonyl (C=O) groups is 1. The third-order valence-electron chi connectivity index (χ3n) is 0.270. The van der Waals surface area contributed by atoms with Crippen LogP contribution < -0.4 is 0 Å². The molecule has 0 aliphatic rings. The van der Waals surface area contributed by atoms with E-state index in [2.05, 4.69) is 20.6 Å². The standard InChI is InChI=1S/CH2N4.CH2O2.CH4/c1-2-4-5-3-1;2-1-3;/h1H,(H,2,3,4,5);1H,(H,2,3);1H4. The average Bonchev–Trinajstić information content (AvgIpc) is 2.17. The van der Waals surface area contributed by atoms with Gasteiger partial charge in [0.1, 0.15) is 0 Å². The van der Waals surface area contributed by atoms with Gasteiger partial charge in [-0.2, -0.15) is 5.21 Å². The molecule has 1 heterocycles. The van der Waals surface area contributed by atoms with Gasteiger partial charge >= 0.3 is 0 Å². The second-order valence-corrected chi connectivity index (χ2v) is 0.665. The average molecular weight is 132 g/mol. The van der Waals surface area contributed by atoms with Gasteiger partial charge in [0.25, 0.3) is 6.47 Å². The fourth-order valence-electron chi connectivity index (χ4n) is 0.129. The highest BCUT2D eigenvalue weighted by Gasteiger charge is 1.58. The van der Waals surface area contributed by atoms with E-state index in [4.69, 9.17) is 9.90 Å². The Bertz CT molecular complexity index is 100. The summed E-state index contributed by atoms with van der Waals surface area (Å²) in [5, 5.41) is 19.1. The van der Waals surface area contributed by atoms with Crippen LogP contribution in [0.4, 0.5) is 0 Å². The Morgan fingerprint density at radius 3 is 2.33 bits per heavy atom. The minimum Gasteiger partial charge on any atom is -0.483 e. The van der Waals surface area contributed by atoms with Gasteiger partial charge in [-0.05, 0) is 0 Å². The predicted molar refractivity (Wildman–Crippen MR) is 29.6 cm³/mol. The van der Waals surface area contributed by atoms with Gasteiger partial charge in [0, 0.05) is 0 Å². The van der Waals surface area contributed by atoms with Crippen LogP contribution in [0.25, 0.3) is 0 Å². The molecule has 0 spiro atoms. The zero-order valence-electron chi connectivity index (χ0n) is 3.85. The van der Waals surface area contributed by atoms with Crippen molar-refractivity contribution in [2.45, 2.75) is 7.43 Å². The Labute approximate surface area is 51.9 Å². The van der Waals surface area contributed by atoms with Crippen LogP contribution in [0.3, 0.4) is 0 Å². The molecule has 52 valence electrons. The number of hydrogen-bond acceptors (Lipinski definition) is 4. The Morgan fingerprint density at radius 1 is 1.67 bits per heavy atom. The Morgan fingerprint density at radius 2 is 2.22 bits per heavy atom. The van der Waals surface area contributed by atoms with E-state index in [-0.39, 0.29) is 13.9 Å². The summed E-state index contributed by atoms with van der Waals surface area (Å²) < 4.78 is 0. The normalized spacial score (nSPS) is 5.78. The van der Waals surface area contributed by atoms with Crippen LogP contribution in [-0.4, -0.2) is 32.2 Å². The summed E-state index contributed by atoms with van der Waals surface area (Å²) in [7, 11) is 0. The van der Waals surface area contributed by atoms with Crippen molar-refractivity contribution in [1.29, 1.82) is 0 Å². The molecule has 6 nitrogen and oxygen atoms in total. The smallest absolute Gasteiger partial charge is 0.290 e. The fraction of sp³-hybridized carbons (Fsp3) is 0.333. The monoisotopic (exact) mass is 132 g/mol. The Hall–Kier alpha value is -1.46. The number of aromatic nitrogens is 4. The van der Waals surface area contributed by atoms with Crippen molar-refractivity contribution in [1.82, 2.24) is 20.6 Å². The minimum absolute atomic E-state index is 0. The summed E-state index contributed by atoms with van der Waals surface area (Å²) in [6.45, 7) is -0.250. The fourth-order valence-corrected chi connectivity index (χ4v) is 0.129. The quantitative estimate of drug-likeness (QED) is 0.466. The highest BCUT2D eigenvalue weighted by Crippen LogP contribution is 1.43. The van der Waals surface area contributed by atoms with E-state index in [1.807, 2.05) is 0 Å². The lowest BCUT2D eigenvalue weighted by Gasteiger charge is -1.44. The van der Waals surface area contributed by atoms with Gasteiger partial charge in [-0.15, -0.1) is 10.2 Å². The van der Waals surface area contributed by atoms with Gasteiger partial charge in [0.05, 0.1) is 0 Å². The van der Waals surface area contributed by atoms with Crippen molar-refractivity contribution in [3.8, 4) is 0 Å². The summed E-state index contributed by atoms with van der Waals surface area (Å²) in [6, 6.07) is 0. The zero-order chi connectivity index (χ0) is 6.24. The Kier molecular flexibility index (Phi) is 11.4. The molecule has 0 atom stereocenters. The SMILES string of the molecule is C.O=CO.c1nn[nH]n1. The van der Waals surface area contributed by atoms with Crippen LogP contribution in [0.2, 0.25) is 0 Å². The van der Waals surface area contributed by atoms with E-state index >= 15 is 0 Å². The molecule has 1 aromatic rings. The second-order valence-electron chi connectivity index (χ2n) is 0.665. The van der Waals surface area contributed by atoms with Gasteiger partial charge in [0.15, 0.2) is 6.33 Å². The van der Waals surface area contributed by atoms with Crippen LogP contribution >= 0.6 is 0 Å². The van der Waals surface area contributed by atoms with Crippen LogP contribution in [0.15, 0.2) is 6.33 Å². The van der Waals surface area contributed by atoms with E-state index in [0.717, 1.165) is 0 Å². The third kappa shape index (κ3) is 10.8. The van der Waals surface area contributed by atoms with E-state index in [0.29, 0.717) is 0 Å². The lowest BCUT2D eigenvalue weighted by Crippen LogP contribution is -1.64. The molecule has 0 saturated heterocycles. The summed E-state index contributed by atoms with van der Waals surface area (Å²) in [4.78, 5) is 8.36. The minimum atomic E-state index is -0.250. The zero-order valence-corrected chi connectivity index (χ0v) is 3.85. The largest absolute Gasteiger partial charge is 0.483 e. The van der Waals surface area contributed by atoms with Gasteiger partial charge in [-0.3, -0.25) is 4.79 Å². The van der Waals surface area contributed by atoms with Crippen LogP contribution in [0, 0.1) is 0 Å². The number of aromatic amines is 1. The molecule has 0 unspecified atom stereocenters. The van der Waals surface area contributed by atoms with Gasteiger partial charge in [-0.1, -0.05) is 12.6 Å². The van der Waals surface area contributed by atoms with E-state index in [1.54, 1.807) is 0 Å². The first-order valence-electron chi connectivity index (χ1n) is 1.66. The van der Waals surface area contributed by atoms with Crippen LogP contribution in [0.5, 0.6) is 0 Å². The maximum Gasteiger partial charge on any atom is 0.290 e. The molecule has 1 rings (SSSR count). The highest BCUT2D eigenvalue weighted by molar-refractivity contribution is 5.32. The molecule has 9 heavy (non-hydrogen) atoms. The molecule has 0 saturated carbocycles. The summed E-state index contributed by atoms with van der Waals surface area (Å²) in [5.74, 6) is 0. The summed E-state index contributed by atoms with van der Waals surface area (Å²) >= 11 is 0. The molecule has 6 heteroatoms. The van der Waals surface area contributed by atoms with Gasteiger partial charge < -0.3 is 5.11 Å². The molecule has 0 bridgehead atoms. The number of H-pyrrole nitrogens is 1. The van der Waals surface area contributed by atoms with E-state index in [9.17, 15) is 0 Å². The number of carboxylic acid groups (broad SMARTS) is 1. The molecular weight excluding hydrogens is 124 g/mol. The molecule has 0 radical (unpaired) electrons. The predicted octanol–water partition coefficient (Wildman–Crippen LogP) is -0.463. The van der Waals surface area contributed by atoms with Gasteiger partial charge in [0.2, 0.25) is 0 Å². The maximum atomic E-state index is 8.36. The van der Waals surface area contributed by atoms with Crippen molar-refractivity contribution in [2.24, 2.45) is 0 Å². The second kappa shape index (κ2) is 9.74. The molecule has 0 aliphatic heterocycles. The molecule has 1 aromatic heterocycles. The van der Waals surface area contributed by atoms with Crippen molar-refractivity contribution >= 4 is 6.47 Å². The molecule has 0 aromatic carbocycles. The van der Waals surface area contributed by atoms with Crippen molar-refractivity contribution in [3.63, 3.8) is 0 Å². The van der Waals surface area contributed by atoms with Crippen molar-refractivity contribution in [2.75, 3.05) is 0 Å². The number of nitrogens with one attached hydrogen (secondary N) is 1. The number of rotatable bonds is 0.